The van der Waals surface area contributed by atoms with Crippen LogP contribution in [-0.2, 0) is 0 Å². The van der Waals surface area contributed by atoms with Crippen LogP contribution in [0, 0.1) is 0 Å². The third-order valence-electron chi connectivity index (χ3n) is 4.39. The van der Waals surface area contributed by atoms with E-state index in [0.29, 0.717) is 22.1 Å². The topological polar surface area (TPSA) is 32.7 Å². The SMILES string of the molecule is OCCN1C2CCC1CC(Oc1ccc(Cl)c(Cl)c1)C2. The number of hydrogen-bond acceptors (Lipinski definition) is 3. The minimum absolute atomic E-state index is 0.236. The normalized spacial score (nSPS) is 29.6. The van der Waals surface area contributed by atoms with Crippen molar-refractivity contribution in [1.29, 1.82) is 0 Å². The first-order chi connectivity index (χ1) is 9.67. The van der Waals surface area contributed by atoms with Crippen molar-refractivity contribution < 1.29 is 9.84 Å². The minimum atomic E-state index is 0.236. The van der Waals surface area contributed by atoms with E-state index >= 15 is 0 Å². The Morgan fingerprint density at radius 1 is 1.15 bits per heavy atom. The lowest BCUT2D eigenvalue weighted by Gasteiger charge is -2.38. The lowest BCUT2D eigenvalue weighted by atomic mass is 9.99. The zero-order valence-corrected chi connectivity index (χ0v) is 12.8. The molecule has 2 unspecified atom stereocenters. The molecule has 2 bridgehead atoms. The summed E-state index contributed by atoms with van der Waals surface area (Å²) in [6, 6.07) is 6.53. The van der Waals surface area contributed by atoms with Crippen LogP contribution >= 0.6 is 23.2 Å². The Bertz CT molecular complexity index is 469. The van der Waals surface area contributed by atoms with Crippen molar-refractivity contribution >= 4 is 23.2 Å². The molecule has 110 valence electrons. The Balaban J connectivity index is 1.64. The van der Waals surface area contributed by atoms with Gasteiger partial charge in [-0.25, -0.2) is 0 Å². The first kappa shape index (κ1) is 14.5. The molecule has 20 heavy (non-hydrogen) atoms. The zero-order valence-electron chi connectivity index (χ0n) is 11.3. The molecule has 0 amide bonds. The number of nitrogens with zero attached hydrogens (tertiary/aromatic N) is 1. The summed E-state index contributed by atoms with van der Waals surface area (Å²) in [7, 11) is 0. The molecular weight excluding hydrogens is 297 g/mol. The van der Waals surface area contributed by atoms with E-state index in [1.54, 1.807) is 12.1 Å². The molecule has 2 saturated heterocycles. The van der Waals surface area contributed by atoms with Gasteiger partial charge in [-0.15, -0.1) is 0 Å². The molecule has 2 fully saturated rings. The number of ether oxygens (including phenoxy) is 1. The predicted octanol–water partition coefficient (Wildman–Crippen LogP) is 3.36. The van der Waals surface area contributed by atoms with Crippen LogP contribution in [0.15, 0.2) is 18.2 Å². The largest absolute Gasteiger partial charge is 0.490 e. The van der Waals surface area contributed by atoms with Crippen molar-refractivity contribution in [3.8, 4) is 5.75 Å². The number of benzene rings is 1. The molecule has 0 aromatic heterocycles. The van der Waals surface area contributed by atoms with E-state index in [4.69, 9.17) is 33.0 Å². The first-order valence-electron chi connectivity index (χ1n) is 7.15. The van der Waals surface area contributed by atoms with Gasteiger partial charge in [0.05, 0.1) is 16.7 Å². The summed E-state index contributed by atoms with van der Waals surface area (Å²) in [5, 5.41) is 10.2. The van der Waals surface area contributed by atoms with Gasteiger partial charge in [0.2, 0.25) is 0 Å². The molecule has 0 saturated carbocycles. The number of halogens is 2. The molecule has 2 aliphatic rings. The van der Waals surface area contributed by atoms with E-state index < -0.39 is 0 Å². The van der Waals surface area contributed by atoms with Gasteiger partial charge in [-0.1, -0.05) is 23.2 Å². The molecule has 3 nitrogen and oxygen atoms in total. The maximum atomic E-state index is 9.14. The Labute approximate surface area is 129 Å². The molecule has 2 atom stereocenters. The Morgan fingerprint density at radius 3 is 2.45 bits per heavy atom. The molecule has 1 N–H and O–H groups in total. The van der Waals surface area contributed by atoms with Gasteiger partial charge in [-0.05, 0) is 37.8 Å². The van der Waals surface area contributed by atoms with Crippen molar-refractivity contribution in [2.75, 3.05) is 13.2 Å². The van der Waals surface area contributed by atoms with Crippen LogP contribution in [0.2, 0.25) is 10.0 Å². The third-order valence-corrected chi connectivity index (χ3v) is 5.13. The van der Waals surface area contributed by atoms with E-state index in [2.05, 4.69) is 4.90 Å². The van der Waals surface area contributed by atoms with Gasteiger partial charge in [0.25, 0.3) is 0 Å². The molecule has 2 aliphatic heterocycles. The predicted molar refractivity (Wildman–Crippen MR) is 80.7 cm³/mol. The molecule has 1 aromatic rings. The number of aliphatic hydroxyl groups excluding tert-OH is 1. The van der Waals surface area contributed by atoms with E-state index in [9.17, 15) is 0 Å². The average Bonchev–Trinajstić information content (AvgIpc) is 2.67. The van der Waals surface area contributed by atoms with Gasteiger partial charge >= 0.3 is 0 Å². The van der Waals surface area contributed by atoms with Crippen LogP contribution < -0.4 is 4.74 Å². The van der Waals surface area contributed by atoms with E-state index in [-0.39, 0.29) is 12.7 Å². The van der Waals surface area contributed by atoms with Crippen molar-refractivity contribution in [3.63, 3.8) is 0 Å². The molecule has 0 aliphatic carbocycles. The standard InChI is InChI=1S/C15H19Cl2NO2/c16-14-4-3-12(9-15(14)17)20-13-7-10-1-2-11(8-13)18(10)5-6-19/h3-4,9-11,13,19H,1-2,5-8H2. The fourth-order valence-electron chi connectivity index (χ4n) is 3.54. The highest BCUT2D eigenvalue weighted by Gasteiger charge is 2.41. The summed E-state index contributed by atoms with van der Waals surface area (Å²) in [5.74, 6) is 0.791. The van der Waals surface area contributed by atoms with Gasteiger partial charge in [-0.3, -0.25) is 4.90 Å². The number of fused-ring (bicyclic) bond motifs is 2. The summed E-state index contributed by atoms with van der Waals surface area (Å²) in [4.78, 5) is 2.44. The van der Waals surface area contributed by atoms with Gasteiger partial charge in [0, 0.05) is 24.7 Å². The smallest absolute Gasteiger partial charge is 0.121 e. The van der Waals surface area contributed by atoms with E-state index in [0.717, 1.165) is 25.1 Å². The number of piperidine rings is 1. The van der Waals surface area contributed by atoms with Crippen LogP contribution in [-0.4, -0.2) is 41.3 Å². The minimum Gasteiger partial charge on any atom is -0.490 e. The highest BCUT2D eigenvalue weighted by atomic mass is 35.5. The van der Waals surface area contributed by atoms with Gasteiger partial charge in [0.15, 0.2) is 0 Å². The third kappa shape index (κ3) is 2.91. The van der Waals surface area contributed by atoms with E-state index in [1.165, 1.54) is 12.8 Å². The Hall–Kier alpha value is -0.480. The van der Waals surface area contributed by atoms with E-state index in [1.807, 2.05) is 6.07 Å². The number of aliphatic hydroxyl groups is 1. The Kier molecular flexibility index (Phi) is 4.41. The maximum Gasteiger partial charge on any atom is 0.121 e. The quantitative estimate of drug-likeness (QED) is 0.924. The molecule has 0 radical (unpaired) electrons. The molecular formula is C15H19Cl2NO2. The Morgan fingerprint density at radius 2 is 1.85 bits per heavy atom. The summed E-state index contributed by atoms with van der Waals surface area (Å²) < 4.78 is 6.07. The fourth-order valence-corrected chi connectivity index (χ4v) is 3.83. The molecule has 1 aromatic carbocycles. The van der Waals surface area contributed by atoms with Crippen LogP contribution in [0.5, 0.6) is 5.75 Å². The average molecular weight is 316 g/mol. The van der Waals surface area contributed by atoms with Crippen LogP contribution in [0.4, 0.5) is 0 Å². The summed E-state index contributed by atoms with van der Waals surface area (Å²) >= 11 is 11.9. The maximum absolute atomic E-state index is 9.14. The second kappa shape index (κ2) is 6.10. The highest BCUT2D eigenvalue weighted by molar-refractivity contribution is 6.42. The van der Waals surface area contributed by atoms with Crippen molar-refractivity contribution in [3.05, 3.63) is 28.2 Å². The van der Waals surface area contributed by atoms with Gasteiger partial charge in [0.1, 0.15) is 11.9 Å². The van der Waals surface area contributed by atoms with Crippen molar-refractivity contribution in [2.24, 2.45) is 0 Å². The fraction of sp³-hybridized carbons (Fsp3) is 0.600. The summed E-state index contributed by atoms with van der Waals surface area (Å²) in [5.41, 5.74) is 0. The van der Waals surface area contributed by atoms with Crippen LogP contribution in [0.25, 0.3) is 0 Å². The number of hydrogen-bond donors (Lipinski definition) is 1. The van der Waals surface area contributed by atoms with Gasteiger partial charge < -0.3 is 9.84 Å². The summed E-state index contributed by atoms with van der Waals surface area (Å²) in [6.07, 6.45) is 4.71. The molecule has 5 heteroatoms. The molecule has 2 heterocycles. The number of rotatable bonds is 4. The summed E-state index contributed by atoms with van der Waals surface area (Å²) in [6.45, 7) is 1.03. The van der Waals surface area contributed by atoms with Crippen LogP contribution in [0.3, 0.4) is 0 Å². The highest BCUT2D eigenvalue weighted by Crippen LogP contribution is 2.37. The second-order valence-electron chi connectivity index (χ2n) is 5.63. The van der Waals surface area contributed by atoms with Crippen LogP contribution in [0.1, 0.15) is 25.7 Å². The zero-order chi connectivity index (χ0) is 14.1. The molecule has 3 rings (SSSR count). The second-order valence-corrected chi connectivity index (χ2v) is 6.45. The lowest BCUT2D eigenvalue weighted by Crippen LogP contribution is -2.47. The lowest BCUT2D eigenvalue weighted by molar-refractivity contribution is 0.0391. The monoisotopic (exact) mass is 315 g/mol. The first-order valence-corrected chi connectivity index (χ1v) is 7.91. The van der Waals surface area contributed by atoms with Crippen molar-refractivity contribution in [1.82, 2.24) is 4.90 Å². The van der Waals surface area contributed by atoms with Crippen molar-refractivity contribution in [2.45, 2.75) is 43.9 Å². The molecule has 0 spiro atoms. The van der Waals surface area contributed by atoms with Gasteiger partial charge in [-0.2, -0.15) is 0 Å².